The second-order valence-electron chi connectivity index (χ2n) is 7.63. The fourth-order valence-corrected chi connectivity index (χ4v) is 3.69. The molecule has 1 atom stereocenters. The molecular weight excluding hydrogens is 422 g/mol. The number of carbonyl (C=O) groups is 3. The van der Waals surface area contributed by atoms with Crippen LogP contribution in [0.25, 0.3) is 0 Å². The van der Waals surface area contributed by atoms with Crippen LogP contribution in [0.15, 0.2) is 66.7 Å². The van der Waals surface area contributed by atoms with E-state index in [0.29, 0.717) is 39.6 Å². The average Bonchev–Trinajstić information content (AvgIpc) is 3.30. The van der Waals surface area contributed by atoms with E-state index in [2.05, 4.69) is 5.32 Å². The Kier molecular flexibility index (Phi) is 6.40. The Hall–Kier alpha value is -4.13. The van der Waals surface area contributed by atoms with Crippen molar-refractivity contribution in [2.75, 3.05) is 19.2 Å². The molecule has 1 aliphatic heterocycles. The summed E-state index contributed by atoms with van der Waals surface area (Å²) >= 11 is 0. The van der Waals surface area contributed by atoms with Crippen molar-refractivity contribution in [2.24, 2.45) is 5.92 Å². The zero-order chi connectivity index (χ0) is 23.4. The normalized spacial score (nSPS) is 12.7. The standard InChI is InChI=1S/C26H23NO6/c1-16(28)18-8-10-22(31-2)19(12-18)13-21(25(29)17-6-4-3-5-7-17)26(30)27-20-9-11-23-24(14-20)33-15-32-23/h3-12,14,21H,13,15H2,1-2H3,(H,27,30). The maximum Gasteiger partial charge on any atom is 0.235 e. The first kappa shape index (κ1) is 22.1. The van der Waals surface area contributed by atoms with Crippen molar-refractivity contribution in [3.63, 3.8) is 0 Å². The number of Topliss-reactive ketones (excluding diaryl/α,β-unsaturated/α-hetero) is 2. The number of fused-ring (bicyclic) bond motifs is 1. The number of hydrogen-bond acceptors (Lipinski definition) is 6. The minimum Gasteiger partial charge on any atom is -0.496 e. The topological polar surface area (TPSA) is 90.9 Å². The molecule has 4 rings (SSSR count). The number of amides is 1. The second-order valence-corrected chi connectivity index (χ2v) is 7.63. The van der Waals surface area contributed by atoms with Gasteiger partial charge in [-0.05, 0) is 49.2 Å². The summed E-state index contributed by atoms with van der Waals surface area (Å²) in [5.74, 6) is -0.349. The number of hydrogen-bond donors (Lipinski definition) is 1. The zero-order valence-corrected chi connectivity index (χ0v) is 18.3. The molecule has 0 saturated heterocycles. The number of ketones is 2. The van der Waals surface area contributed by atoms with E-state index in [1.165, 1.54) is 14.0 Å². The van der Waals surface area contributed by atoms with Gasteiger partial charge in [0.05, 0.1) is 7.11 Å². The van der Waals surface area contributed by atoms with Crippen molar-refractivity contribution in [3.05, 3.63) is 83.4 Å². The van der Waals surface area contributed by atoms with Gasteiger partial charge in [-0.1, -0.05) is 30.3 Å². The first-order valence-electron chi connectivity index (χ1n) is 10.4. The number of rotatable bonds is 8. The Balaban J connectivity index is 1.66. The van der Waals surface area contributed by atoms with Crippen LogP contribution < -0.4 is 19.5 Å². The third-order valence-electron chi connectivity index (χ3n) is 5.44. The smallest absolute Gasteiger partial charge is 0.235 e. The van der Waals surface area contributed by atoms with Crippen LogP contribution in [0, 0.1) is 5.92 Å². The van der Waals surface area contributed by atoms with E-state index in [-0.39, 0.29) is 24.8 Å². The van der Waals surface area contributed by atoms with Gasteiger partial charge in [0.1, 0.15) is 11.7 Å². The number of nitrogens with one attached hydrogen (secondary N) is 1. The summed E-state index contributed by atoms with van der Waals surface area (Å²) in [4.78, 5) is 38.6. The lowest BCUT2D eigenvalue weighted by molar-refractivity contribution is -0.118. The van der Waals surface area contributed by atoms with Gasteiger partial charge in [-0.2, -0.15) is 0 Å². The van der Waals surface area contributed by atoms with E-state index in [9.17, 15) is 14.4 Å². The molecule has 0 bridgehead atoms. The summed E-state index contributed by atoms with van der Waals surface area (Å²) in [5, 5.41) is 2.81. The molecule has 3 aromatic rings. The monoisotopic (exact) mass is 445 g/mol. The highest BCUT2D eigenvalue weighted by Crippen LogP contribution is 2.34. The molecule has 0 saturated carbocycles. The van der Waals surface area contributed by atoms with E-state index in [4.69, 9.17) is 14.2 Å². The molecule has 0 fully saturated rings. The number of methoxy groups -OCH3 is 1. The molecule has 168 valence electrons. The van der Waals surface area contributed by atoms with Gasteiger partial charge in [0.15, 0.2) is 23.1 Å². The Bertz CT molecular complexity index is 1200. The first-order valence-corrected chi connectivity index (χ1v) is 10.4. The number of carbonyl (C=O) groups excluding carboxylic acids is 3. The Labute approximate surface area is 191 Å². The third-order valence-corrected chi connectivity index (χ3v) is 5.44. The van der Waals surface area contributed by atoms with Gasteiger partial charge in [0.25, 0.3) is 0 Å². The minimum atomic E-state index is -1.05. The number of anilines is 1. The molecule has 1 N–H and O–H groups in total. The van der Waals surface area contributed by atoms with Gasteiger partial charge < -0.3 is 19.5 Å². The molecule has 0 radical (unpaired) electrons. The largest absolute Gasteiger partial charge is 0.496 e. The minimum absolute atomic E-state index is 0.0639. The lowest BCUT2D eigenvalue weighted by atomic mass is 9.89. The van der Waals surface area contributed by atoms with Gasteiger partial charge in [-0.15, -0.1) is 0 Å². The average molecular weight is 445 g/mol. The predicted octanol–water partition coefficient (Wildman–Crippen LogP) is 4.31. The highest BCUT2D eigenvalue weighted by atomic mass is 16.7. The molecule has 0 aliphatic carbocycles. The molecule has 1 aliphatic rings. The van der Waals surface area contributed by atoms with E-state index in [0.717, 1.165) is 0 Å². The van der Waals surface area contributed by atoms with Gasteiger partial charge in [0, 0.05) is 22.9 Å². The van der Waals surface area contributed by atoms with Crippen LogP contribution >= 0.6 is 0 Å². The zero-order valence-electron chi connectivity index (χ0n) is 18.3. The lowest BCUT2D eigenvalue weighted by Gasteiger charge is -2.18. The van der Waals surface area contributed by atoms with Crippen LogP contribution in [0.4, 0.5) is 5.69 Å². The third kappa shape index (κ3) is 4.87. The fourth-order valence-electron chi connectivity index (χ4n) is 3.69. The maximum absolute atomic E-state index is 13.4. The van der Waals surface area contributed by atoms with E-state index in [1.807, 2.05) is 0 Å². The summed E-state index contributed by atoms with van der Waals surface area (Å²) < 4.78 is 16.1. The van der Waals surface area contributed by atoms with Crippen molar-refractivity contribution in [1.29, 1.82) is 0 Å². The molecule has 7 heteroatoms. The van der Waals surface area contributed by atoms with Crippen LogP contribution in [0.5, 0.6) is 17.2 Å². The van der Waals surface area contributed by atoms with Crippen LogP contribution in [0.1, 0.15) is 33.2 Å². The summed E-state index contributed by atoms with van der Waals surface area (Å²) in [7, 11) is 1.51. The van der Waals surface area contributed by atoms with Gasteiger partial charge in [-0.3, -0.25) is 14.4 Å². The molecular formula is C26H23NO6. The molecule has 1 amide bonds. The van der Waals surface area contributed by atoms with Crippen molar-refractivity contribution < 1.29 is 28.6 Å². The van der Waals surface area contributed by atoms with Crippen LogP contribution in [-0.4, -0.2) is 31.4 Å². The van der Waals surface area contributed by atoms with Crippen molar-refractivity contribution >= 4 is 23.2 Å². The molecule has 3 aromatic carbocycles. The van der Waals surface area contributed by atoms with Crippen molar-refractivity contribution in [1.82, 2.24) is 0 Å². The SMILES string of the molecule is COc1ccc(C(C)=O)cc1CC(C(=O)Nc1ccc2c(c1)OCO2)C(=O)c1ccccc1. The summed E-state index contributed by atoms with van der Waals surface area (Å²) in [5.41, 5.74) is 1.98. The Morgan fingerprint density at radius 3 is 2.42 bits per heavy atom. The molecule has 1 heterocycles. The quantitative estimate of drug-likeness (QED) is 0.411. The van der Waals surface area contributed by atoms with E-state index < -0.39 is 11.8 Å². The van der Waals surface area contributed by atoms with Gasteiger partial charge in [0.2, 0.25) is 12.7 Å². The number of ether oxygens (including phenoxy) is 3. The molecule has 1 unspecified atom stereocenters. The first-order chi connectivity index (χ1) is 16.0. The second kappa shape index (κ2) is 9.56. The maximum atomic E-state index is 13.4. The number of benzene rings is 3. The van der Waals surface area contributed by atoms with Gasteiger partial charge >= 0.3 is 0 Å². The summed E-state index contributed by atoms with van der Waals surface area (Å²) in [6.07, 6.45) is 0.0639. The highest BCUT2D eigenvalue weighted by Gasteiger charge is 2.30. The van der Waals surface area contributed by atoms with E-state index >= 15 is 0 Å². The molecule has 7 nitrogen and oxygen atoms in total. The van der Waals surface area contributed by atoms with Gasteiger partial charge in [-0.25, -0.2) is 0 Å². The van der Waals surface area contributed by atoms with Crippen LogP contribution in [0.3, 0.4) is 0 Å². The van der Waals surface area contributed by atoms with Crippen LogP contribution in [-0.2, 0) is 11.2 Å². The molecule has 0 spiro atoms. The van der Waals surface area contributed by atoms with Crippen molar-refractivity contribution in [3.8, 4) is 17.2 Å². The van der Waals surface area contributed by atoms with E-state index in [1.54, 1.807) is 66.7 Å². The van der Waals surface area contributed by atoms with Crippen molar-refractivity contribution in [2.45, 2.75) is 13.3 Å². The summed E-state index contributed by atoms with van der Waals surface area (Å²) in [6.45, 7) is 1.58. The Morgan fingerprint density at radius 1 is 0.939 bits per heavy atom. The Morgan fingerprint density at radius 2 is 1.70 bits per heavy atom. The molecule has 0 aromatic heterocycles. The molecule has 33 heavy (non-hydrogen) atoms. The predicted molar refractivity (Wildman–Crippen MR) is 122 cm³/mol. The highest BCUT2D eigenvalue weighted by molar-refractivity contribution is 6.14. The summed E-state index contributed by atoms with van der Waals surface area (Å²) in [6, 6.07) is 18.7. The van der Waals surface area contributed by atoms with Crippen LogP contribution in [0.2, 0.25) is 0 Å². The lowest BCUT2D eigenvalue weighted by Crippen LogP contribution is -2.32. The fraction of sp³-hybridized carbons (Fsp3) is 0.192.